The molecular weight excluding hydrogens is 379 g/mol. The summed E-state index contributed by atoms with van der Waals surface area (Å²) in [5.74, 6) is 0.0682. The van der Waals surface area contributed by atoms with Crippen molar-refractivity contribution in [2.45, 2.75) is 57.9 Å². The van der Waals surface area contributed by atoms with E-state index in [9.17, 15) is 14.0 Å². The van der Waals surface area contributed by atoms with E-state index < -0.39 is 6.04 Å². The van der Waals surface area contributed by atoms with Gasteiger partial charge in [0.2, 0.25) is 11.8 Å². The number of anilines is 1. The summed E-state index contributed by atoms with van der Waals surface area (Å²) in [5.41, 5.74) is 3.44. The summed E-state index contributed by atoms with van der Waals surface area (Å²) in [5, 5.41) is 2.94. The fourth-order valence-corrected chi connectivity index (χ4v) is 4.81. The lowest BCUT2D eigenvalue weighted by atomic mass is 9.86. The normalized spacial score (nSPS) is 19.7. The molecule has 5 heteroatoms. The molecule has 2 amide bonds. The summed E-state index contributed by atoms with van der Waals surface area (Å²) in [4.78, 5) is 27.7. The van der Waals surface area contributed by atoms with Crippen molar-refractivity contribution in [2.24, 2.45) is 5.92 Å². The van der Waals surface area contributed by atoms with Crippen molar-refractivity contribution in [1.82, 2.24) is 4.90 Å². The summed E-state index contributed by atoms with van der Waals surface area (Å²) < 4.78 is 13.6. The molecule has 1 atom stereocenters. The number of carbonyl (C=O) groups is 2. The first kappa shape index (κ1) is 20.6. The van der Waals surface area contributed by atoms with E-state index in [1.807, 2.05) is 25.1 Å². The van der Waals surface area contributed by atoms with Crippen LogP contribution in [0.3, 0.4) is 0 Å². The molecule has 30 heavy (non-hydrogen) atoms. The van der Waals surface area contributed by atoms with Crippen LogP contribution in [0.1, 0.15) is 67.7 Å². The van der Waals surface area contributed by atoms with Crippen LogP contribution in [0.4, 0.5) is 10.1 Å². The number of hydrogen-bond donors (Lipinski definition) is 1. The third-order valence-electron chi connectivity index (χ3n) is 6.40. The minimum Gasteiger partial charge on any atom is -0.324 e. The Hall–Kier alpha value is -2.69. The maximum atomic E-state index is 13.6. The van der Waals surface area contributed by atoms with Crippen LogP contribution in [0, 0.1) is 18.7 Å². The standard InChI is InChI=1S/C25H29FN2O2/c1-17-7-13-22-21(15-17)25(19-9-11-20(26)12-10-19)28(16-23(29)27-22)24(30)14-8-18-5-3-2-4-6-18/h7,9-13,15,18,25H,2-6,8,14,16H2,1H3,(H,27,29)/t25-/m0/s1. The molecule has 0 spiro atoms. The molecule has 2 aromatic carbocycles. The highest BCUT2D eigenvalue weighted by Gasteiger charge is 2.33. The van der Waals surface area contributed by atoms with Crippen LogP contribution in [0.25, 0.3) is 0 Å². The highest BCUT2D eigenvalue weighted by molar-refractivity contribution is 5.97. The van der Waals surface area contributed by atoms with Gasteiger partial charge in [0.05, 0.1) is 6.04 Å². The molecule has 4 nitrogen and oxygen atoms in total. The number of nitrogens with zero attached hydrogens (tertiary/aromatic N) is 1. The molecule has 0 bridgehead atoms. The number of nitrogens with one attached hydrogen (secondary N) is 1. The van der Waals surface area contributed by atoms with E-state index >= 15 is 0 Å². The summed E-state index contributed by atoms with van der Waals surface area (Å²) in [6.45, 7) is 1.99. The number of rotatable bonds is 4. The lowest BCUT2D eigenvalue weighted by Crippen LogP contribution is -2.39. The van der Waals surface area contributed by atoms with Crippen LogP contribution in [0.15, 0.2) is 42.5 Å². The zero-order chi connectivity index (χ0) is 21.1. The molecule has 158 valence electrons. The Kier molecular flexibility index (Phi) is 6.16. The highest BCUT2D eigenvalue weighted by Crippen LogP contribution is 2.37. The van der Waals surface area contributed by atoms with Crippen LogP contribution in [0.2, 0.25) is 0 Å². The average Bonchev–Trinajstić information content (AvgIpc) is 2.89. The Labute approximate surface area is 177 Å². The second kappa shape index (κ2) is 8.99. The monoisotopic (exact) mass is 408 g/mol. The number of benzene rings is 2. The Morgan fingerprint density at radius 2 is 1.83 bits per heavy atom. The van der Waals surface area contributed by atoms with Gasteiger partial charge in [0, 0.05) is 17.7 Å². The van der Waals surface area contributed by atoms with E-state index in [-0.39, 0.29) is 24.2 Å². The van der Waals surface area contributed by atoms with Gasteiger partial charge >= 0.3 is 0 Å². The maximum Gasteiger partial charge on any atom is 0.244 e. The summed E-state index contributed by atoms with van der Waals surface area (Å²) in [6.07, 6.45) is 7.48. The molecule has 1 saturated carbocycles. The fraction of sp³-hybridized carbons (Fsp3) is 0.440. The molecule has 1 fully saturated rings. The number of hydrogen-bond acceptors (Lipinski definition) is 2. The summed E-state index contributed by atoms with van der Waals surface area (Å²) in [6, 6.07) is 11.7. The van der Waals surface area contributed by atoms with Crippen LogP contribution in [0.5, 0.6) is 0 Å². The minimum absolute atomic E-state index is 0.000723. The topological polar surface area (TPSA) is 49.4 Å². The molecule has 2 aromatic rings. The molecule has 4 rings (SSSR count). The second-order valence-electron chi connectivity index (χ2n) is 8.66. The Morgan fingerprint density at radius 1 is 1.10 bits per heavy atom. The van der Waals surface area contributed by atoms with E-state index in [2.05, 4.69) is 5.32 Å². The Morgan fingerprint density at radius 3 is 2.57 bits per heavy atom. The minimum atomic E-state index is -0.418. The highest BCUT2D eigenvalue weighted by atomic mass is 19.1. The molecule has 1 aliphatic heterocycles. The van der Waals surface area contributed by atoms with E-state index in [0.29, 0.717) is 18.0 Å². The van der Waals surface area contributed by atoms with E-state index in [4.69, 9.17) is 0 Å². The number of halogens is 1. The lowest BCUT2D eigenvalue weighted by molar-refractivity contribution is -0.136. The second-order valence-corrected chi connectivity index (χ2v) is 8.66. The maximum absolute atomic E-state index is 13.6. The molecule has 1 N–H and O–H groups in total. The van der Waals surface area contributed by atoms with Crippen LogP contribution in [-0.4, -0.2) is 23.3 Å². The van der Waals surface area contributed by atoms with Gasteiger partial charge in [-0.05, 0) is 43.0 Å². The van der Waals surface area contributed by atoms with E-state index in [1.165, 1.54) is 44.2 Å². The first-order chi connectivity index (χ1) is 14.5. The third kappa shape index (κ3) is 4.55. The third-order valence-corrected chi connectivity index (χ3v) is 6.40. The SMILES string of the molecule is Cc1ccc2c(c1)[C@H](c1ccc(F)cc1)N(C(=O)CCC1CCCCC1)CC(=O)N2. The van der Waals surface area contributed by atoms with Crippen molar-refractivity contribution < 1.29 is 14.0 Å². The van der Waals surface area contributed by atoms with Gasteiger partial charge in [0.1, 0.15) is 12.4 Å². The first-order valence-electron chi connectivity index (χ1n) is 11.0. The van der Waals surface area contributed by atoms with Crippen molar-refractivity contribution in [2.75, 3.05) is 11.9 Å². The van der Waals surface area contributed by atoms with Gasteiger partial charge < -0.3 is 10.2 Å². The molecular formula is C25H29FN2O2. The first-order valence-corrected chi connectivity index (χ1v) is 11.0. The van der Waals surface area contributed by atoms with Gasteiger partial charge in [-0.25, -0.2) is 4.39 Å². The van der Waals surface area contributed by atoms with Gasteiger partial charge in [-0.15, -0.1) is 0 Å². The van der Waals surface area contributed by atoms with Crippen molar-refractivity contribution in [3.05, 3.63) is 65.0 Å². The predicted molar refractivity (Wildman–Crippen MR) is 116 cm³/mol. The number of carbonyl (C=O) groups excluding carboxylic acids is 2. The van der Waals surface area contributed by atoms with Gasteiger partial charge in [-0.1, -0.05) is 61.9 Å². The molecule has 0 radical (unpaired) electrons. The predicted octanol–water partition coefficient (Wildman–Crippen LogP) is 5.36. The zero-order valence-electron chi connectivity index (χ0n) is 17.5. The van der Waals surface area contributed by atoms with Gasteiger partial charge in [-0.2, -0.15) is 0 Å². The van der Waals surface area contributed by atoms with E-state index in [0.717, 1.165) is 23.1 Å². The van der Waals surface area contributed by atoms with Gasteiger partial charge in [-0.3, -0.25) is 9.59 Å². The van der Waals surface area contributed by atoms with Crippen molar-refractivity contribution in [3.63, 3.8) is 0 Å². The number of amides is 2. The molecule has 0 unspecified atom stereocenters. The molecule has 0 saturated heterocycles. The molecule has 2 aliphatic rings. The Balaban J connectivity index is 1.67. The quantitative estimate of drug-likeness (QED) is 0.740. The van der Waals surface area contributed by atoms with Gasteiger partial charge in [0.15, 0.2) is 0 Å². The molecule has 1 aliphatic carbocycles. The smallest absolute Gasteiger partial charge is 0.244 e. The van der Waals surface area contributed by atoms with Crippen molar-refractivity contribution in [1.29, 1.82) is 0 Å². The number of aryl methyl sites for hydroxylation is 1. The fourth-order valence-electron chi connectivity index (χ4n) is 4.81. The lowest BCUT2D eigenvalue weighted by Gasteiger charge is -2.31. The largest absolute Gasteiger partial charge is 0.324 e. The molecule has 0 aromatic heterocycles. The van der Waals surface area contributed by atoms with Crippen LogP contribution >= 0.6 is 0 Å². The average molecular weight is 409 g/mol. The van der Waals surface area contributed by atoms with Crippen LogP contribution in [-0.2, 0) is 9.59 Å². The van der Waals surface area contributed by atoms with E-state index in [1.54, 1.807) is 17.0 Å². The van der Waals surface area contributed by atoms with Crippen molar-refractivity contribution >= 4 is 17.5 Å². The van der Waals surface area contributed by atoms with Crippen LogP contribution < -0.4 is 5.32 Å². The van der Waals surface area contributed by atoms with Crippen molar-refractivity contribution in [3.8, 4) is 0 Å². The summed E-state index contributed by atoms with van der Waals surface area (Å²) in [7, 11) is 0. The summed E-state index contributed by atoms with van der Waals surface area (Å²) >= 11 is 0. The number of fused-ring (bicyclic) bond motifs is 1. The molecule has 1 heterocycles. The zero-order valence-corrected chi connectivity index (χ0v) is 17.5. The Bertz CT molecular complexity index is 919. The van der Waals surface area contributed by atoms with Gasteiger partial charge in [0.25, 0.3) is 0 Å².